The topological polar surface area (TPSA) is 38.7 Å². The van der Waals surface area contributed by atoms with Crippen molar-refractivity contribution in [2.24, 2.45) is 4.99 Å². The van der Waals surface area contributed by atoms with Gasteiger partial charge in [0.2, 0.25) is 6.08 Å². The van der Waals surface area contributed by atoms with Crippen LogP contribution in [0.2, 0.25) is 5.02 Å². The van der Waals surface area contributed by atoms with Gasteiger partial charge in [-0.25, -0.2) is 9.79 Å². The zero-order chi connectivity index (χ0) is 9.52. The van der Waals surface area contributed by atoms with Crippen molar-refractivity contribution in [1.82, 2.24) is 0 Å². The first kappa shape index (κ1) is 9.78. The van der Waals surface area contributed by atoms with Crippen LogP contribution in [0.5, 0.6) is 5.75 Å². The lowest BCUT2D eigenvalue weighted by Gasteiger charge is -2.04. The highest BCUT2D eigenvalue weighted by Gasteiger charge is 1.97. The van der Waals surface area contributed by atoms with E-state index in [0.717, 1.165) is 0 Å². The molecule has 1 aromatic carbocycles. The second-order valence-electron chi connectivity index (χ2n) is 2.25. The van der Waals surface area contributed by atoms with Crippen molar-refractivity contribution in [3.05, 3.63) is 29.3 Å². The lowest BCUT2D eigenvalue weighted by Crippen LogP contribution is -2.00. The van der Waals surface area contributed by atoms with E-state index in [1.807, 2.05) is 12.1 Å². The minimum atomic E-state index is 0.300. The fourth-order valence-electron chi connectivity index (χ4n) is 0.809. The summed E-state index contributed by atoms with van der Waals surface area (Å²) < 4.78 is 5.23. The number of hydrogen-bond donors (Lipinski definition) is 0. The summed E-state index contributed by atoms with van der Waals surface area (Å²) in [6.07, 6.45) is 1.43. The van der Waals surface area contributed by atoms with Gasteiger partial charge in [0, 0.05) is 0 Å². The molecule has 0 fully saturated rings. The van der Waals surface area contributed by atoms with Gasteiger partial charge in [0.25, 0.3) is 0 Å². The van der Waals surface area contributed by atoms with Crippen LogP contribution in [0.4, 0.5) is 0 Å². The second kappa shape index (κ2) is 5.36. The summed E-state index contributed by atoms with van der Waals surface area (Å²) in [6, 6.07) is 7.13. The Labute approximate surface area is 81.0 Å². The molecule has 3 nitrogen and oxygen atoms in total. The largest absolute Gasteiger partial charge is 0.490 e. The molecule has 0 heterocycles. The Hall–Kier alpha value is -1.31. The van der Waals surface area contributed by atoms with E-state index in [4.69, 9.17) is 16.3 Å². The molecule has 0 aromatic heterocycles. The van der Waals surface area contributed by atoms with Gasteiger partial charge in [0.1, 0.15) is 12.4 Å². The molecular formula is C9H8ClNO2. The summed E-state index contributed by atoms with van der Waals surface area (Å²) in [7, 11) is 0. The molecule has 1 rings (SSSR count). The predicted octanol–water partition coefficient (Wildman–Crippen LogP) is 2.05. The number of halogens is 1. The van der Waals surface area contributed by atoms with Crippen molar-refractivity contribution in [3.63, 3.8) is 0 Å². The van der Waals surface area contributed by atoms with Crippen LogP contribution in [0.1, 0.15) is 0 Å². The van der Waals surface area contributed by atoms with Crippen LogP contribution < -0.4 is 4.74 Å². The maximum Gasteiger partial charge on any atom is 0.235 e. The minimum Gasteiger partial charge on any atom is -0.490 e. The first-order valence-electron chi connectivity index (χ1n) is 3.75. The summed E-state index contributed by atoms with van der Waals surface area (Å²) in [4.78, 5) is 13.1. The first-order chi connectivity index (χ1) is 6.34. The molecule has 0 amide bonds. The number of aliphatic imine (C=N–C) groups is 1. The van der Waals surface area contributed by atoms with E-state index in [9.17, 15) is 4.79 Å². The normalized spacial score (nSPS) is 9.00. The number of carbonyl (C=O) groups excluding carboxylic acids is 1. The number of nitrogens with zero attached hydrogens (tertiary/aromatic N) is 1. The zero-order valence-electron chi connectivity index (χ0n) is 6.87. The number of benzene rings is 1. The quantitative estimate of drug-likeness (QED) is 0.421. The second-order valence-corrected chi connectivity index (χ2v) is 2.66. The standard InChI is InChI=1S/C9H8ClNO2/c10-8-3-1-2-4-9(8)13-6-5-11-7-12/h1-4H,5-6H2. The molecule has 0 radical (unpaired) electrons. The van der Waals surface area contributed by atoms with Gasteiger partial charge in [-0.05, 0) is 12.1 Å². The van der Waals surface area contributed by atoms with Crippen LogP contribution in [-0.4, -0.2) is 19.2 Å². The van der Waals surface area contributed by atoms with Crippen molar-refractivity contribution in [1.29, 1.82) is 0 Å². The molecule has 13 heavy (non-hydrogen) atoms. The first-order valence-corrected chi connectivity index (χ1v) is 4.13. The smallest absolute Gasteiger partial charge is 0.235 e. The molecule has 0 N–H and O–H groups in total. The van der Waals surface area contributed by atoms with Crippen molar-refractivity contribution < 1.29 is 9.53 Å². The maximum atomic E-state index is 9.71. The van der Waals surface area contributed by atoms with Gasteiger partial charge >= 0.3 is 0 Å². The van der Waals surface area contributed by atoms with Crippen LogP contribution in [0, 0.1) is 0 Å². The molecular weight excluding hydrogens is 190 g/mol. The Morgan fingerprint density at radius 3 is 2.92 bits per heavy atom. The molecule has 1 aromatic rings. The van der Waals surface area contributed by atoms with Crippen LogP contribution in [-0.2, 0) is 4.79 Å². The minimum absolute atomic E-state index is 0.300. The van der Waals surface area contributed by atoms with Gasteiger partial charge in [-0.1, -0.05) is 23.7 Å². The highest BCUT2D eigenvalue weighted by Crippen LogP contribution is 2.22. The zero-order valence-corrected chi connectivity index (χ0v) is 7.62. The maximum absolute atomic E-state index is 9.71. The van der Waals surface area contributed by atoms with E-state index >= 15 is 0 Å². The van der Waals surface area contributed by atoms with E-state index < -0.39 is 0 Å². The van der Waals surface area contributed by atoms with E-state index in [2.05, 4.69) is 4.99 Å². The SMILES string of the molecule is O=C=NCCOc1ccccc1Cl. The lowest BCUT2D eigenvalue weighted by atomic mass is 10.3. The van der Waals surface area contributed by atoms with Crippen LogP contribution in [0.25, 0.3) is 0 Å². The van der Waals surface area contributed by atoms with E-state index in [-0.39, 0.29) is 0 Å². The Bertz CT molecular complexity index is 321. The molecule has 0 aliphatic carbocycles. The fraction of sp³-hybridized carbons (Fsp3) is 0.222. The summed E-state index contributed by atoms with van der Waals surface area (Å²) in [5, 5.41) is 0.553. The number of rotatable bonds is 4. The number of hydrogen-bond acceptors (Lipinski definition) is 3. The van der Waals surface area contributed by atoms with Crippen molar-refractivity contribution >= 4 is 17.7 Å². The van der Waals surface area contributed by atoms with E-state index in [1.165, 1.54) is 6.08 Å². The molecule has 0 atom stereocenters. The lowest BCUT2D eigenvalue weighted by molar-refractivity contribution is 0.328. The monoisotopic (exact) mass is 197 g/mol. The van der Waals surface area contributed by atoms with Gasteiger partial charge in [0.05, 0.1) is 11.6 Å². The molecule has 0 unspecified atom stereocenters. The van der Waals surface area contributed by atoms with Crippen LogP contribution in [0.3, 0.4) is 0 Å². The summed E-state index contributed by atoms with van der Waals surface area (Å²) in [5.41, 5.74) is 0. The number of ether oxygens (including phenoxy) is 1. The number of isocyanates is 1. The number of para-hydroxylation sites is 1. The Morgan fingerprint density at radius 1 is 1.46 bits per heavy atom. The highest BCUT2D eigenvalue weighted by molar-refractivity contribution is 6.32. The Morgan fingerprint density at radius 2 is 2.23 bits per heavy atom. The molecule has 0 bridgehead atoms. The molecule has 4 heteroatoms. The summed E-state index contributed by atoms with van der Waals surface area (Å²) in [5.74, 6) is 0.602. The van der Waals surface area contributed by atoms with Crippen molar-refractivity contribution in [3.8, 4) is 5.75 Å². The van der Waals surface area contributed by atoms with E-state index in [0.29, 0.717) is 23.9 Å². The average Bonchev–Trinajstić information content (AvgIpc) is 2.15. The van der Waals surface area contributed by atoms with Gasteiger partial charge in [-0.3, -0.25) is 0 Å². The van der Waals surface area contributed by atoms with Gasteiger partial charge in [-0.2, -0.15) is 0 Å². The van der Waals surface area contributed by atoms with Gasteiger partial charge in [0.15, 0.2) is 0 Å². The van der Waals surface area contributed by atoms with Crippen molar-refractivity contribution in [2.45, 2.75) is 0 Å². The molecule has 0 saturated heterocycles. The van der Waals surface area contributed by atoms with E-state index in [1.54, 1.807) is 12.1 Å². The third-order valence-corrected chi connectivity index (χ3v) is 1.67. The van der Waals surface area contributed by atoms with Gasteiger partial charge in [-0.15, -0.1) is 0 Å². The molecule has 68 valence electrons. The Kier molecular flexibility index (Phi) is 4.03. The summed E-state index contributed by atoms with van der Waals surface area (Å²) in [6.45, 7) is 0.633. The van der Waals surface area contributed by atoms with Crippen LogP contribution in [0.15, 0.2) is 29.3 Å². The van der Waals surface area contributed by atoms with Gasteiger partial charge < -0.3 is 4.74 Å². The Balaban J connectivity index is 2.45. The third kappa shape index (κ3) is 3.28. The van der Waals surface area contributed by atoms with Crippen molar-refractivity contribution in [2.75, 3.05) is 13.2 Å². The van der Waals surface area contributed by atoms with Crippen LogP contribution >= 0.6 is 11.6 Å². The molecule has 0 saturated carbocycles. The molecule has 0 spiro atoms. The predicted molar refractivity (Wildman–Crippen MR) is 49.9 cm³/mol. The highest BCUT2D eigenvalue weighted by atomic mass is 35.5. The molecule has 0 aliphatic heterocycles. The average molecular weight is 198 g/mol. The third-order valence-electron chi connectivity index (χ3n) is 1.36. The summed E-state index contributed by atoms with van der Waals surface area (Å²) >= 11 is 5.80. The fourth-order valence-corrected chi connectivity index (χ4v) is 0.999. The molecule has 0 aliphatic rings.